The number of rotatable bonds is 3. The van der Waals surface area contributed by atoms with Gasteiger partial charge in [-0.2, -0.15) is 0 Å². The van der Waals surface area contributed by atoms with Crippen molar-refractivity contribution >= 4 is 11.8 Å². The van der Waals surface area contributed by atoms with E-state index in [1.54, 1.807) is 12.1 Å². The zero-order valence-corrected chi connectivity index (χ0v) is 10.5. The number of Topliss-reactive ketones (excluding diaryl/α,β-unsaturated/α-hetero) is 1. The molecule has 0 saturated carbocycles. The van der Waals surface area contributed by atoms with Gasteiger partial charge in [0.25, 0.3) is 0 Å². The minimum Gasteiger partial charge on any atom is -0.461 e. The molecule has 1 aromatic carbocycles. The first-order valence-corrected chi connectivity index (χ1v) is 6.16. The third-order valence-corrected chi connectivity index (χ3v) is 3.09. The molecule has 1 aliphatic heterocycles. The van der Waals surface area contributed by atoms with Crippen molar-refractivity contribution in [1.29, 1.82) is 0 Å². The van der Waals surface area contributed by atoms with Gasteiger partial charge in [0.1, 0.15) is 0 Å². The molecule has 1 atom stereocenters. The maximum atomic E-state index is 12.4. The molecule has 0 saturated heterocycles. The summed E-state index contributed by atoms with van der Waals surface area (Å²) in [6.45, 7) is 0. The fourth-order valence-electron chi connectivity index (χ4n) is 2.13. The lowest BCUT2D eigenvalue weighted by molar-refractivity contribution is 0.0994. The highest BCUT2D eigenvalue weighted by Gasteiger charge is 2.29. The van der Waals surface area contributed by atoms with E-state index < -0.39 is 6.04 Å². The number of urea groups is 1. The summed E-state index contributed by atoms with van der Waals surface area (Å²) in [4.78, 5) is 23.9. The van der Waals surface area contributed by atoms with Gasteiger partial charge < -0.3 is 15.1 Å². The SMILES string of the molecule is O=C1NC=C(C(=O)c2ccco2)[C@@H](c2ccccc2)N1. The van der Waals surface area contributed by atoms with Crippen LogP contribution < -0.4 is 10.6 Å². The topological polar surface area (TPSA) is 71.3 Å². The Balaban J connectivity index is 1.98. The van der Waals surface area contributed by atoms with E-state index >= 15 is 0 Å². The van der Waals surface area contributed by atoms with E-state index in [1.165, 1.54) is 12.5 Å². The minimum absolute atomic E-state index is 0.245. The van der Waals surface area contributed by atoms with Crippen LogP contribution in [-0.2, 0) is 0 Å². The second kappa shape index (κ2) is 5.05. The van der Waals surface area contributed by atoms with E-state index in [2.05, 4.69) is 10.6 Å². The number of hydrogen-bond acceptors (Lipinski definition) is 3. The molecule has 2 heterocycles. The molecule has 2 N–H and O–H groups in total. The van der Waals surface area contributed by atoms with Crippen molar-refractivity contribution in [3.63, 3.8) is 0 Å². The molecular weight excluding hydrogens is 256 g/mol. The standard InChI is InChI=1S/C15H12N2O3/c18-14(12-7-4-8-20-12)11-9-16-15(19)17-13(11)10-5-2-1-3-6-10/h1-9,13H,(H2,16,17,19)/t13-/m1/s1. The first-order chi connectivity index (χ1) is 9.75. The van der Waals surface area contributed by atoms with Crippen molar-refractivity contribution < 1.29 is 14.0 Å². The molecule has 0 unspecified atom stereocenters. The Kier molecular flexibility index (Phi) is 3.09. The van der Waals surface area contributed by atoms with Crippen LogP contribution in [0.3, 0.4) is 0 Å². The van der Waals surface area contributed by atoms with E-state index in [9.17, 15) is 9.59 Å². The van der Waals surface area contributed by atoms with Crippen molar-refractivity contribution in [2.75, 3.05) is 0 Å². The van der Waals surface area contributed by atoms with Crippen LogP contribution in [0.1, 0.15) is 22.2 Å². The number of nitrogens with one attached hydrogen (secondary N) is 2. The van der Waals surface area contributed by atoms with E-state index in [0.717, 1.165) is 5.56 Å². The van der Waals surface area contributed by atoms with Crippen molar-refractivity contribution in [3.8, 4) is 0 Å². The predicted molar refractivity (Wildman–Crippen MR) is 72.0 cm³/mol. The summed E-state index contributed by atoms with van der Waals surface area (Å²) in [7, 11) is 0. The third kappa shape index (κ3) is 2.21. The molecule has 2 aromatic rings. The molecule has 100 valence electrons. The van der Waals surface area contributed by atoms with Crippen LogP contribution in [0.2, 0.25) is 0 Å². The molecule has 3 rings (SSSR count). The Hall–Kier alpha value is -2.82. The van der Waals surface area contributed by atoms with Crippen LogP contribution >= 0.6 is 0 Å². The largest absolute Gasteiger partial charge is 0.461 e. The molecular formula is C15H12N2O3. The van der Waals surface area contributed by atoms with Gasteiger partial charge in [0.05, 0.1) is 12.3 Å². The zero-order valence-electron chi connectivity index (χ0n) is 10.5. The molecule has 5 heteroatoms. The predicted octanol–water partition coefficient (Wildman–Crippen LogP) is 2.40. The van der Waals surface area contributed by atoms with Crippen LogP contribution in [0, 0.1) is 0 Å². The molecule has 0 spiro atoms. The molecule has 1 aromatic heterocycles. The number of ketones is 1. The number of carbonyl (C=O) groups is 2. The lowest BCUT2D eigenvalue weighted by Gasteiger charge is -2.25. The number of amides is 2. The Labute approximate surface area is 115 Å². The summed E-state index contributed by atoms with van der Waals surface area (Å²) in [5, 5.41) is 5.24. The average Bonchev–Trinajstić information content (AvgIpc) is 3.02. The van der Waals surface area contributed by atoms with Crippen LogP contribution in [0.15, 0.2) is 64.9 Å². The normalized spacial score (nSPS) is 17.9. The number of carbonyl (C=O) groups excluding carboxylic acids is 2. The zero-order chi connectivity index (χ0) is 13.9. The van der Waals surface area contributed by atoms with Gasteiger partial charge in [0, 0.05) is 11.8 Å². The van der Waals surface area contributed by atoms with Gasteiger partial charge in [-0.15, -0.1) is 0 Å². The summed E-state index contributed by atoms with van der Waals surface area (Å²) >= 11 is 0. The van der Waals surface area contributed by atoms with E-state index in [1.807, 2.05) is 30.3 Å². The van der Waals surface area contributed by atoms with Gasteiger partial charge in [-0.25, -0.2) is 4.79 Å². The van der Waals surface area contributed by atoms with E-state index in [0.29, 0.717) is 5.57 Å². The maximum absolute atomic E-state index is 12.4. The molecule has 0 aliphatic carbocycles. The Morgan fingerprint density at radius 3 is 2.60 bits per heavy atom. The Bertz CT molecular complexity index is 660. The van der Waals surface area contributed by atoms with Gasteiger partial charge in [-0.1, -0.05) is 30.3 Å². The van der Waals surface area contributed by atoms with Crippen LogP contribution in [0.25, 0.3) is 0 Å². The first-order valence-electron chi connectivity index (χ1n) is 6.16. The number of hydrogen-bond donors (Lipinski definition) is 2. The molecule has 2 amide bonds. The fraction of sp³-hybridized carbons (Fsp3) is 0.0667. The molecule has 0 fully saturated rings. The van der Waals surface area contributed by atoms with Crippen molar-refractivity contribution in [3.05, 3.63) is 71.8 Å². The highest BCUT2D eigenvalue weighted by Crippen LogP contribution is 2.26. The average molecular weight is 268 g/mol. The highest BCUT2D eigenvalue weighted by atomic mass is 16.3. The summed E-state index contributed by atoms with van der Waals surface area (Å²) < 4.78 is 5.13. The first kappa shape index (κ1) is 12.2. The number of benzene rings is 1. The molecule has 0 radical (unpaired) electrons. The van der Waals surface area contributed by atoms with Gasteiger partial charge in [-0.3, -0.25) is 4.79 Å². The highest BCUT2D eigenvalue weighted by molar-refractivity contribution is 6.08. The van der Waals surface area contributed by atoms with Crippen molar-refractivity contribution in [2.24, 2.45) is 0 Å². The summed E-state index contributed by atoms with van der Waals surface area (Å²) in [6.07, 6.45) is 2.88. The fourth-order valence-corrected chi connectivity index (χ4v) is 2.13. The molecule has 5 nitrogen and oxygen atoms in total. The van der Waals surface area contributed by atoms with Gasteiger partial charge >= 0.3 is 6.03 Å². The monoisotopic (exact) mass is 268 g/mol. The van der Waals surface area contributed by atoms with Crippen LogP contribution in [0.5, 0.6) is 0 Å². The van der Waals surface area contributed by atoms with Gasteiger partial charge in [0.15, 0.2) is 5.76 Å². The third-order valence-electron chi connectivity index (χ3n) is 3.09. The van der Waals surface area contributed by atoms with Crippen LogP contribution in [-0.4, -0.2) is 11.8 Å². The Morgan fingerprint density at radius 2 is 1.90 bits per heavy atom. The van der Waals surface area contributed by atoms with E-state index in [-0.39, 0.29) is 17.6 Å². The smallest absolute Gasteiger partial charge is 0.319 e. The maximum Gasteiger partial charge on any atom is 0.319 e. The van der Waals surface area contributed by atoms with E-state index in [4.69, 9.17) is 4.42 Å². The lowest BCUT2D eigenvalue weighted by atomic mass is 9.94. The van der Waals surface area contributed by atoms with Crippen LogP contribution in [0.4, 0.5) is 4.79 Å². The van der Waals surface area contributed by atoms with Crippen molar-refractivity contribution in [2.45, 2.75) is 6.04 Å². The lowest BCUT2D eigenvalue weighted by Crippen LogP contribution is -2.42. The number of furan rings is 1. The van der Waals surface area contributed by atoms with Crippen molar-refractivity contribution in [1.82, 2.24) is 10.6 Å². The quantitative estimate of drug-likeness (QED) is 0.840. The van der Waals surface area contributed by atoms with Gasteiger partial charge in [-0.05, 0) is 17.7 Å². The molecule has 20 heavy (non-hydrogen) atoms. The molecule has 0 bridgehead atoms. The van der Waals surface area contributed by atoms with Gasteiger partial charge in [0.2, 0.25) is 5.78 Å². The summed E-state index contributed by atoms with van der Waals surface area (Å²) in [6, 6.07) is 11.7. The summed E-state index contributed by atoms with van der Waals surface area (Å²) in [5.74, 6) is -0.00789. The molecule has 1 aliphatic rings. The summed E-state index contributed by atoms with van der Waals surface area (Å²) in [5.41, 5.74) is 1.28. The Morgan fingerprint density at radius 1 is 1.10 bits per heavy atom. The second-order valence-corrected chi connectivity index (χ2v) is 4.37. The minimum atomic E-state index is -0.484. The second-order valence-electron chi connectivity index (χ2n) is 4.37.